The fraction of sp³-hybridized carbons (Fsp3) is 0.292. The van der Waals surface area contributed by atoms with Crippen molar-refractivity contribution in [2.75, 3.05) is 11.1 Å². The molecule has 1 N–H and O–H groups in total. The zero-order chi connectivity index (χ0) is 25.3. The van der Waals surface area contributed by atoms with E-state index in [2.05, 4.69) is 10.1 Å². The Morgan fingerprint density at radius 3 is 2.49 bits per heavy atom. The van der Waals surface area contributed by atoms with Crippen LogP contribution in [0.4, 0.5) is 18.9 Å². The van der Waals surface area contributed by atoms with Crippen LogP contribution in [0, 0.1) is 13.8 Å². The van der Waals surface area contributed by atoms with Gasteiger partial charge in [-0.25, -0.2) is 4.98 Å². The molecular formula is C24H22F3N3O3S2. The topological polar surface area (TPSA) is 73.2 Å². The summed E-state index contributed by atoms with van der Waals surface area (Å²) < 4.78 is 42.3. The number of hydrogen-bond acceptors (Lipinski definition) is 6. The van der Waals surface area contributed by atoms with Crippen LogP contribution in [0.25, 0.3) is 5.69 Å². The zero-order valence-electron chi connectivity index (χ0n) is 19.1. The molecule has 3 aromatic rings. The van der Waals surface area contributed by atoms with E-state index in [1.165, 1.54) is 23.9 Å². The number of alkyl halides is 3. The number of carbonyl (C=O) groups excluding carboxylic acids is 1. The van der Waals surface area contributed by atoms with Gasteiger partial charge in [0, 0.05) is 17.4 Å². The molecule has 1 aliphatic rings. The molecule has 1 aliphatic heterocycles. The number of hydrogen-bond donors (Lipinski definition) is 1. The number of amides is 1. The number of ether oxygens (including phenoxy) is 1. The largest absolute Gasteiger partial charge is 0.573 e. The van der Waals surface area contributed by atoms with Crippen molar-refractivity contribution in [2.24, 2.45) is 0 Å². The molecule has 0 spiro atoms. The first-order valence-corrected chi connectivity index (χ1v) is 12.5. The number of rotatable bonds is 6. The minimum atomic E-state index is -4.79. The maximum absolute atomic E-state index is 13.4. The molecule has 0 saturated heterocycles. The molecule has 184 valence electrons. The van der Waals surface area contributed by atoms with Gasteiger partial charge in [0.25, 0.3) is 5.56 Å². The number of nitrogens with one attached hydrogen (secondary N) is 1. The van der Waals surface area contributed by atoms with Gasteiger partial charge in [-0.05, 0) is 61.4 Å². The number of thioether (sulfide) groups is 2. The third-order valence-electron chi connectivity index (χ3n) is 5.05. The van der Waals surface area contributed by atoms with E-state index in [-0.39, 0.29) is 28.2 Å². The van der Waals surface area contributed by atoms with Crippen molar-refractivity contribution in [3.05, 3.63) is 69.6 Å². The first-order valence-electron chi connectivity index (χ1n) is 10.7. The second-order valence-corrected chi connectivity index (χ2v) is 10.6. The smallest absolute Gasteiger partial charge is 0.406 e. The number of carbonyl (C=O) groups is 1. The summed E-state index contributed by atoms with van der Waals surface area (Å²) in [5.74, 6) is -0.805. The fourth-order valence-electron chi connectivity index (χ4n) is 3.77. The average Bonchev–Trinajstić information content (AvgIpc) is 3.12. The first-order chi connectivity index (χ1) is 16.5. The molecule has 0 aliphatic carbocycles. The Morgan fingerprint density at radius 2 is 1.86 bits per heavy atom. The van der Waals surface area contributed by atoms with Gasteiger partial charge in [0.1, 0.15) is 5.75 Å². The lowest BCUT2D eigenvalue weighted by Gasteiger charge is -2.15. The lowest BCUT2D eigenvalue weighted by molar-refractivity contribution is -0.274. The van der Waals surface area contributed by atoms with Gasteiger partial charge < -0.3 is 10.1 Å². The molecule has 0 fully saturated rings. The normalized spacial score (nSPS) is 15.1. The maximum atomic E-state index is 13.4. The number of halogens is 3. The van der Waals surface area contributed by atoms with Crippen molar-refractivity contribution in [3.63, 3.8) is 0 Å². The minimum absolute atomic E-state index is 0.0421. The molecule has 2 aromatic carbocycles. The fourth-order valence-corrected chi connectivity index (χ4v) is 5.70. The van der Waals surface area contributed by atoms with E-state index in [0.717, 1.165) is 40.7 Å². The van der Waals surface area contributed by atoms with Crippen molar-refractivity contribution in [1.29, 1.82) is 0 Å². The van der Waals surface area contributed by atoms with E-state index < -0.39 is 6.36 Å². The summed E-state index contributed by atoms with van der Waals surface area (Å²) in [7, 11) is 0. The monoisotopic (exact) mass is 521 g/mol. The van der Waals surface area contributed by atoms with E-state index in [1.54, 1.807) is 4.57 Å². The van der Waals surface area contributed by atoms with Crippen LogP contribution in [0.1, 0.15) is 23.7 Å². The number of benzene rings is 2. The summed E-state index contributed by atoms with van der Waals surface area (Å²) in [4.78, 5) is 31.3. The summed E-state index contributed by atoms with van der Waals surface area (Å²) in [5, 5.41) is 3.29. The number of fused-ring (bicyclic) bond motifs is 1. The molecule has 0 bridgehead atoms. The number of aryl methyl sites for hydroxylation is 2. The average molecular weight is 522 g/mol. The summed E-state index contributed by atoms with van der Waals surface area (Å²) in [6.45, 7) is 5.94. The molecule has 35 heavy (non-hydrogen) atoms. The molecule has 11 heteroatoms. The number of aromatic nitrogens is 2. The Labute approximate surface area is 208 Å². The second kappa shape index (κ2) is 9.98. The predicted molar refractivity (Wildman–Crippen MR) is 131 cm³/mol. The van der Waals surface area contributed by atoms with Crippen LogP contribution in [-0.2, 0) is 11.2 Å². The summed E-state index contributed by atoms with van der Waals surface area (Å²) >= 11 is 2.64. The first kappa shape index (κ1) is 25.2. The SMILES string of the molecule is Cc1cc(C)cc(-n2c(SCC(=O)Nc3ccc(OC(F)(F)F)cc3)nc3c(c2=O)SC(C)C3)c1. The van der Waals surface area contributed by atoms with E-state index in [0.29, 0.717) is 27.8 Å². The molecule has 0 radical (unpaired) electrons. The van der Waals surface area contributed by atoms with Gasteiger partial charge in [0.15, 0.2) is 5.16 Å². The standard InChI is InChI=1S/C24H22F3N3O3S2/c1-13-8-14(2)10-17(9-13)30-22(32)21-19(11-15(3)35-21)29-23(30)34-12-20(31)28-16-4-6-18(7-5-16)33-24(25,26)27/h4-10,15H,11-12H2,1-3H3,(H,28,31). The van der Waals surface area contributed by atoms with Crippen molar-refractivity contribution >= 4 is 35.1 Å². The van der Waals surface area contributed by atoms with Crippen LogP contribution < -0.4 is 15.6 Å². The van der Waals surface area contributed by atoms with Crippen LogP contribution >= 0.6 is 23.5 Å². The van der Waals surface area contributed by atoms with Crippen molar-refractivity contribution < 1.29 is 22.7 Å². The van der Waals surface area contributed by atoms with Crippen molar-refractivity contribution in [2.45, 2.75) is 48.9 Å². The molecule has 4 rings (SSSR count). The number of anilines is 1. The molecular weight excluding hydrogens is 499 g/mol. The van der Waals surface area contributed by atoms with Gasteiger partial charge in [0.2, 0.25) is 5.91 Å². The Hall–Kier alpha value is -2.92. The summed E-state index contributed by atoms with van der Waals surface area (Å²) in [5.41, 5.74) is 3.59. The van der Waals surface area contributed by atoms with Crippen LogP contribution in [0.5, 0.6) is 5.75 Å². The van der Waals surface area contributed by atoms with Gasteiger partial charge in [-0.1, -0.05) is 24.8 Å². The molecule has 0 saturated carbocycles. The number of nitrogens with zero attached hydrogens (tertiary/aromatic N) is 2. The molecule has 1 atom stereocenters. The zero-order valence-corrected chi connectivity index (χ0v) is 20.7. The molecule has 1 amide bonds. The molecule has 1 unspecified atom stereocenters. The Morgan fingerprint density at radius 1 is 1.20 bits per heavy atom. The van der Waals surface area contributed by atoms with Gasteiger partial charge in [0.05, 0.1) is 22.0 Å². The van der Waals surface area contributed by atoms with Crippen LogP contribution in [0.3, 0.4) is 0 Å². The lowest BCUT2D eigenvalue weighted by Crippen LogP contribution is -2.25. The van der Waals surface area contributed by atoms with Crippen LogP contribution in [0.15, 0.2) is 57.3 Å². The van der Waals surface area contributed by atoms with Crippen LogP contribution in [-0.4, -0.2) is 32.8 Å². The van der Waals surface area contributed by atoms with E-state index in [4.69, 9.17) is 4.98 Å². The third-order valence-corrected chi connectivity index (χ3v) is 7.20. The van der Waals surface area contributed by atoms with E-state index in [1.807, 2.05) is 39.0 Å². The highest BCUT2D eigenvalue weighted by Gasteiger charge is 2.31. The maximum Gasteiger partial charge on any atom is 0.573 e. The van der Waals surface area contributed by atoms with Gasteiger partial charge in [-0.2, -0.15) is 0 Å². The second-order valence-electron chi connectivity index (χ2n) is 8.20. The quantitative estimate of drug-likeness (QED) is 0.340. The Bertz CT molecular complexity index is 1300. The predicted octanol–water partition coefficient (Wildman–Crippen LogP) is 5.52. The van der Waals surface area contributed by atoms with Gasteiger partial charge in [-0.3, -0.25) is 14.2 Å². The summed E-state index contributed by atoms with van der Waals surface area (Å²) in [6, 6.07) is 10.7. The summed E-state index contributed by atoms with van der Waals surface area (Å²) in [6.07, 6.45) is -4.11. The molecule has 6 nitrogen and oxygen atoms in total. The third kappa shape index (κ3) is 6.21. The van der Waals surface area contributed by atoms with Crippen molar-refractivity contribution in [3.8, 4) is 11.4 Å². The van der Waals surface area contributed by atoms with Crippen molar-refractivity contribution in [1.82, 2.24) is 9.55 Å². The highest BCUT2D eigenvalue weighted by atomic mass is 32.2. The minimum Gasteiger partial charge on any atom is -0.406 e. The highest BCUT2D eigenvalue weighted by molar-refractivity contribution is 8.00. The highest BCUT2D eigenvalue weighted by Crippen LogP contribution is 2.35. The Kier molecular flexibility index (Phi) is 7.18. The van der Waals surface area contributed by atoms with E-state index in [9.17, 15) is 22.8 Å². The lowest BCUT2D eigenvalue weighted by atomic mass is 10.1. The molecule has 2 heterocycles. The molecule has 1 aromatic heterocycles. The van der Waals surface area contributed by atoms with Crippen LogP contribution in [0.2, 0.25) is 0 Å². The van der Waals surface area contributed by atoms with Gasteiger partial charge >= 0.3 is 6.36 Å². The van der Waals surface area contributed by atoms with Gasteiger partial charge in [-0.15, -0.1) is 24.9 Å². The van der Waals surface area contributed by atoms with E-state index >= 15 is 0 Å². The Balaban J connectivity index is 1.55.